The van der Waals surface area contributed by atoms with Crippen molar-refractivity contribution >= 4 is 29.5 Å². The average Bonchev–Trinajstić information content (AvgIpc) is 3.26. The van der Waals surface area contributed by atoms with Crippen LogP contribution in [0.15, 0.2) is 85.0 Å². The molecular formula is C25H32NOPS. The number of nitrogens with one attached hydrogen (secondary N) is 1. The molecule has 1 N–H and O–H groups in total. The smallest absolute Gasteiger partial charge is 0.0972 e. The van der Waals surface area contributed by atoms with Crippen LogP contribution in [0.5, 0.6) is 0 Å². The zero-order chi connectivity index (χ0) is 20.9. The highest BCUT2D eigenvalue weighted by atomic mass is 32.2. The van der Waals surface area contributed by atoms with E-state index in [1.54, 1.807) is 0 Å². The van der Waals surface area contributed by atoms with Gasteiger partial charge in [0.15, 0.2) is 0 Å². The first-order valence-electron chi connectivity index (χ1n) is 10.3. The zero-order valence-electron chi connectivity index (χ0n) is 17.8. The molecule has 0 aliphatic heterocycles. The number of rotatable bonds is 8. The first-order chi connectivity index (χ1) is 13.9. The van der Waals surface area contributed by atoms with Gasteiger partial charge in [-0.05, 0) is 57.3 Å². The van der Waals surface area contributed by atoms with Gasteiger partial charge in [0, 0.05) is 6.04 Å². The Kier molecular flexibility index (Phi) is 7.62. The van der Waals surface area contributed by atoms with Crippen molar-refractivity contribution in [1.82, 2.24) is 4.72 Å². The topological polar surface area (TPSA) is 29.1 Å². The summed E-state index contributed by atoms with van der Waals surface area (Å²) in [5, 5.41) is 2.73. The lowest BCUT2D eigenvalue weighted by atomic mass is 9.90. The molecule has 1 aliphatic carbocycles. The van der Waals surface area contributed by atoms with Crippen molar-refractivity contribution in [1.29, 1.82) is 0 Å². The fraction of sp³-hybridized carbons (Fsp3) is 0.360. The molecule has 0 radical (unpaired) electrons. The summed E-state index contributed by atoms with van der Waals surface area (Å²) < 4.78 is 16.3. The van der Waals surface area contributed by atoms with Crippen LogP contribution in [0.4, 0.5) is 0 Å². The van der Waals surface area contributed by atoms with E-state index >= 15 is 0 Å². The molecule has 154 valence electrons. The molecule has 2 aromatic rings. The van der Waals surface area contributed by atoms with Gasteiger partial charge in [-0.2, -0.15) is 0 Å². The summed E-state index contributed by atoms with van der Waals surface area (Å²) in [6, 6.07) is 21.7. The lowest BCUT2D eigenvalue weighted by Gasteiger charge is -2.33. The van der Waals surface area contributed by atoms with Gasteiger partial charge in [0.25, 0.3) is 0 Å². The van der Waals surface area contributed by atoms with Crippen LogP contribution >= 0.6 is 7.92 Å². The third-order valence-corrected chi connectivity index (χ3v) is 9.58. The van der Waals surface area contributed by atoms with E-state index in [9.17, 15) is 4.21 Å². The van der Waals surface area contributed by atoms with E-state index in [0.29, 0.717) is 11.8 Å². The van der Waals surface area contributed by atoms with Crippen LogP contribution in [0.25, 0.3) is 0 Å². The molecule has 1 aliphatic rings. The summed E-state index contributed by atoms with van der Waals surface area (Å²) in [6.07, 6.45) is 9.72. The molecule has 0 bridgehead atoms. The van der Waals surface area contributed by atoms with Gasteiger partial charge < -0.3 is 0 Å². The SMILES string of the molecule is CC(C1C=CC=C1)C(CP(c1ccccc1)c1ccccc1)NS(=O)C(C)(C)C. The van der Waals surface area contributed by atoms with Crippen LogP contribution < -0.4 is 15.3 Å². The Balaban J connectivity index is 1.92. The van der Waals surface area contributed by atoms with Crippen molar-refractivity contribution in [2.24, 2.45) is 11.8 Å². The molecule has 0 saturated heterocycles. The van der Waals surface area contributed by atoms with Crippen molar-refractivity contribution in [3.63, 3.8) is 0 Å². The standard InChI is InChI=1S/C25H32NOPS/c1-20(21-13-11-12-14-21)24(26-29(27)25(2,3)4)19-28(22-15-7-5-8-16-22)23-17-9-6-10-18-23/h5-18,20-21,24,26H,19H2,1-4H3. The van der Waals surface area contributed by atoms with E-state index in [1.807, 2.05) is 20.8 Å². The minimum absolute atomic E-state index is 0.152. The first-order valence-corrected chi connectivity index (χ1v) is 12.9. The summed E-state index contributed by atoms with van der Waals surface area (Å²) in [7, 11) is -1.65. The lowest BCUT2D eigenvalue weighted by molar-refractivity contribution is 0.405. The molecule has 3 atom stereocenters. The van der Waals surface area contributed by atoms with Crippen molar-refractivity contribution < 1.29 is 4.21 Å². The first kappa shape index (κ1) is 22.2. The monoisotopic (exact) mass is 425 g/mol. The molecule has 0 amide bonds. The molecule has 29 heavy (non-hydrogen) atoms. The van der Waals surface area contributed by atoms with E-state index in [1.165, 1.54) is 10.6 Å². The van der Waals surface area contributed by atoms with E-state index in [0.717, 1.165) is 6.16 Å². The summed E-state index contributed by atoms with van der Waals surface area (Å²) in [6.45, 7) is 8.38. The molecular weight excluding hydrogens is 393 g/mol. The number of allylic oxidation sites excluding steroid dienone is 4. The van der Waals surface area contributed by atoms with Gasteiger partial charge in [0.1, 0.15) is 0 Å². The van der Waals surface area contributed by atoms with Crippen LogP contribution in [-0.2, 0) is 11.0 Å². The Hall–Kier alpha value is -1.54. The third kappa shape index (κ3) is 5.98. The zero-order valence-corrected chi connectivity index (χ0v) is 19.5. The maximum Gasteiger partial charge on any atom is 0.0972 e. The van der Waals surface area contributed by atoms with Gasteiger partial charge in [-0.3, -0.25) is 0 Å². The number of benzene rings is 2. The highest BCUT2D eigenvalue weighted by Crippen LogP contribution is 2.37. The maximum atomic E-state index is 13.0. The van der Waals surface area contributed by atoms with Crippen LogP contribution in [0.3, 0.4) is 0 Å². The highest BCUT2D eigenvalue weighted by molar-refractivity contribution is 7.84. The summed E-state index contributed by atoms with van der Waals surface area (Å²) in [5.74, 6) is 0.738. The molecule has 3 unspecified atom stereocenters. The molecule has 0 saturated carbocycles. The van der Waals surface area contributed by atoms with Gasteiger partial charge in [0.2, 0.25) is 0 Å². The van der Waals surface area contributed by atoms with Crippen LogP contribution in [-0.4, -0.2) is 21.2 Å². The van der Waals surface area contributed by atoms with Gasteiger partial charge in [0.05, 0.1) is 15.7 Å². The molecule has 0 spiro atoms. The van der Waals surface area contributed by atoms with E-state index in [-0.39, 0.29) is 10.8 Å². The second-order valence-corrected chi connectivity index (χ2v) is 12.8. The molecule has 0 heterocycles. The Bertz CT molecular complexity index is 806. The normalized spacial score (nSPS) is 17.6. The number of hydrogen-bond acceptors (Lipinski definition) is 1. The largest absolute Gasteiger partial charge is 0.242 e. The second-order valence-electron chi connectivity index (χ2n) is 8.59. The molecule has 0 aromatic heterocycles. The molecule has 2 aromatic carbocycles. The summed E-state index contributed by atoms with van der Waals surface area (Å²) in [4.78, 5) is 0. The Labute approximate surface area is 179 Å². The third-order valence-electron chi connectivity index (χ3n) is 5.35. The summed E-state index contributed by atoms with van der Waals surface area (Å²) >= 11 is 0. The van der Waals surface area contributed by atoms with E-state index in [4.69, 9.17) is 0 Å². The van der Waals surface area contributed by atoms with Gasteiger partial charge in [-0.1, -0.05) is 91.9 Å². The van der Waals surface area contributed by atoms with E-state index < -0.39 is 18.9 Å². The van der Waals surface area contributed by atoms with Crippen molar-refractivity contribution in [3.05, 3.63) is 85.0 Å². The predicted octanol–water partition coefficient (Wildman–Crippen LogP) is 4.92. The van der Waals surface area contributed by atoms with Gasteiger partial charge in [-0.15, -0.1) is 0 Å². The molecule has 4 heteroatoms. The predicted molar refractivity (Wildman–Crippen MR) is 130 cm³/mol. The highest BCUT2D eigenvalue weighted by Gasteiger charge is 2.31. The minimum atomic E-state index is -1.11. The minimum Gasteiger partial charge on any atom is -0.242 e. The van der Waals surface area contributed by atoms with Crippen molar-refractivity contribution in [3.8, 4) is 0 Å². The number of hydrogen-bond donors (Lipinski definition) is 1. The average molecular weight is 426 g/mol. The Morgan fingerprint density at radius 1 is 0.931 bits per heavy atom. The van der Waals surface area contributed by atoms with Gasteiger partial charge >= 0.3 is 0 Å². The Morgan fingerprint density at radius 3 is 1.86 bits per heavy atom. The molecule has 3 rings (SSSR count). The fourth-order valence-electron chi connectivity index (χ4n) is 3.47. The van der Waals surface area contributed by atoms with Crippen LogP contribution in [0.1, 0.15) is 27.7 Å². The fourth-order valence-corrected chi connectivity index (χ4v) is 7.12. The quantitative estimate of drug-likeness (QED) is 0.598. The van der Waals surface area contributed by atoms with Crippen molar-refractivity contribution in [2.45, 2.75) is 38.5 Å². The van der Waals surface area contributed by atoms with Crippen LogP contribution in [0.2, 0.25) is 0 Å². The molecule has 2 nitrogen and oxygen atoms in total. The second kappa shape index (κ2) is 9.98. The van der Waals surface area contributed by atoms with Gasteiger partial charge in [-0.25, -0.2) is 8.93 Å². The summed E-state index contributed by atoms with van der Waals surface area (Å²) in [5.41, 5.74) is 0. The van der Waals surface area contributed by atoms with E-state index in [2.05, 4.69) is 96.6 Å². The Morgan fingerprint density at radius 2 is 1.41 bits per heavy atom. The lowest BCUT2D eigenvalue weighted by Crippen LogP contribution is -2.46. The van der Waals surface area contributed by atoms with Crippen LogP contribution in [0, 0.1) is 11.8 Å². The van der Waals surface area contributed by atoms with Crippen molar-refractivity contribution in [2.75, 3.05) is 6.16 Å². The maximum absolute atomic E-state index is 13.0. The molecule has 0 fully saturated rings.